The van der Waals surface area contributed by atoms with E-state index in [1.165, 1.54) is 0 Å². The van der Waals surface area contributed by atoms with Crippen molar-refractivity contribution in [2.45, 2.75) is 27.7 Å². The lowest BCUT2D eigenvalue weighted by molar-refractivity contribution is 0.0949. The Morgan fingerprint density at radius 3 is 2.43 bits per heavy atom. The van der Waals surface area contributed by atoms with Crippen LogP contribution in [0, 0.1) is 28.6 Å². The highest BCUT2D eigenvalue weighted by molar-refractivity contribution is 5.96. The second-order valence-corrected chi connectivity index (χ2v) is 6.76. The van der Waals surface area contributed by atoms with Crippen LogP contribution in [0.15, 0.2) is 24.3 Å². The third kappa shape index (κ3) is 2.82. The maximum atomic E-state index is 12.4. The first-order chi connectivity index (χ1) is 9.82. The molecule has 0 heterocycles. The number of hydrogen-bond acceptors (Lipinski definition) is 2. The quantitative estimate of drug-likeness (QED) is 0.838. The van der Waals surface area contributed by atoms with Crippen LogP contribution in [-0.2, 0) is 0 Å². The normalized spacial score (nSPS) is 18.5. The predicted octanol–water partition coefficient (Wildman–Crippen LogP) is 2.41. The van der Waals surface area contributed by atoms with Crippen LogP contribution in [0.25, 0.3) is 0 Å². The lowest BCUT2D eigenvalue weighted by Gasteiger charge is -2.08. The summed E-state index contributed by atoms with van der Waals surface area (Å²) in [6.45, 7) is 10.0. The van der Waals surface area contributed by atoms with Crippen molar-refractivity contribution in [3.05, 3.63) is 35.4 Å². The minimum absolute atomic E-state index is 0.0598. The van der Waals surface area contributed by atoms with Crippen LogP contribution >= 0.6 is 0 Å². The lowest BCUT2D eigenvalue weighted by atomic mass is 10.0. The molecular weight excluding hydrogens is 260 g/mol. The number of nitrogens with two attached hydrogens (primary N) is 1. The Morgan fingerprint density at radius 1 is 1.24 bits per heavy atom. The topological polar surface area (TPSA) is 55.1 Å². The molecule has 0 aliphatic heterocycles. The van der Waals surface area contributed by atoms with E-state index in [1.807, 2.05) is 18.2 Å². The second kappa shape index (κ2) is 5.54. The molecule has 1 amide bonds. The van der Waals surface area contributed by atoms with E-state index in [9.17, 15) is 4.79 Å². The van der Waals surface area contributed by atoms with Crippen LogP contribution in [0.4, 0.5) is 0 Å². The molecule has 3 nitrogen and oxygen atoms in total. The van der Waals surface area contributed by atoms with E-state index < -0.39 is 0 Å². The van der Waals surface area contributed by atoms with Gasteiger partial charge in [0.15, 0.2) is 0 Å². The van der Waals surface area contributed by atoms with Gasteiger partial charge in [-0.1, -0.05) is 51.7 Å². The van der Waals surface area contributed by atoms with E-state index in [4.69, 9.17) is 5.73 Å². The Kier molecular flexibility index (Phi) is 4.11. The number of nitrogens with one attached hydrogen (secondary N) is 1. The Morgan fingerprint density at radius 2 is 1.86 bits per heavy atom. The van der Waals surface area contributed by atoms with E-state index >= 15 is 0 Å². The van der Waals surface area contributed by atoms with Gasteiger partial charge in [-0.05, 0) is 28.9 Å². The second-order valence-electron chi connectivity index (χ2n) is 6.76. The molecule has 0 bridgehead atoms. The molecular formula is C18H24N2O. The van der Waals surface area contributed by atoms with Gasteiger partial charge in [-0.25, -0.2) is 0 Å². The Bertz CT molecular complexity index is 591. The number of carbonyl (C=O) groups excluding carboxylic acids is 1. The SMILES string of the molecule is CC1(C)C(CNC(=O)c2ccccc2C#CCN)C1(C)C. The summed E-state index contributed by atoms with van der Waals surface area (Å²) in [5.41, 5.74) is 7.30. The third-order valence-corrected chi connectivity index (χ3v) is 5.28. The summed E-state index contributed by atoms with van der Waals surface area (Å²) in [4.78, 5) is 12.4. The standard InChI is InChI=1S/C18H24N2O/c1-17(2)15(18(17,3)4)12-20-16(21)14-10-6-5-8-13(14)9-7-11-19/h5-6,8,10,15H,11-12,19H2,1-4H3,(H,20,21). The number of carbonyl (C=O) groups is 1. The molecule has 0 aromatic heterocycles. The summed E-state index contributed by atoms with van der Waals surface area (Å²) in [5, 5.41) is 3.05. The van der Waals surface area contributed by atoms with Crippen molar-refractivity contribution >= 4 is 5.91 Å². The number of benzene rings is 1. The zero-order chi connectivity index (χ0) is 15.7. The van der Waals surface area contributed by atoms with Crippen LogP contribution in [0.5, 0.6) is 0 Å². The molecule has 1 fully saturated rings. The third-order valence-electron chi connectivity index (χ3n) is 5.28. The first-order valence-corrected chi connectivity index (χ1v) is 7.38. The van der Waals surface area contributed by atoms with E-state index in [-0.39, 0.29) is 16.7 Å². The molecule has 3 N–H and O–H groups in total. The zero-order valence-electron chi connectivity index (χ0n) is 13.3. The van der Waals surface area contributed by atoms with Gasteiger partial charge in [0.25, 0.3) is 5.91 Å². The van der Waals surface area contributed by atoms with E-state index in [0.29, 0.717) is 24.6 Å². The summed E-state index contributed by atoms with van der Waals surface area (Å²) in [6.07, 6.45) is 0. The maximum absolute atomic E-state index is 12.4. The fraction of sp³-hybridized carbons (Fsp3) is 0.500. The summed E-state index contributed by atoms with van der Waals surface area (Å²) in [7, 11) is 0. The van der Waals surface area contributed by atoms with Gasteiger partial charge < -0.3 is 11.1 Å². The van der Waals surface area contributed by atoms with Crippen molar-refractivity contribution in [2.75, 3.05) is 13.1 Å². The molecule has 1 aliphatic rings. The molecule has 0 atom stereocenters. The van der Waals surface area contributed by atoms with Crippen LogP contribution in [0.3, 0.4) is 0 Å². The summed E-state index contributed by atoms with van der Waals surface area (Å²) >= 11 is 0. The maximum Gasteiger partial charge on any atom is 0.252 e. The van der Waals surface area contributed by atoms with Crippen molar-refractivity contribution in [1.29, 1.82) is 0 Å². The molecule has 112 valence electrons. The fourth-order valence-corrected chi connectivity index (χ4v) is 3.07. The predicted molar refractivity (Wildman–Crippen MR) is 85.8 cm³/mol. The number of rotatable bonds is 3. The van der Waals surface area contributed by atoms with Crippen LogP contribution in [0.2, 0.25) is 0 Å². The number of amides is 1. The molecule has 1 aromatic rings. The van der Waals surface area contributed by atoms with Gasteiger partial charge in [-0.2, -0.15) is 0 Å². The van der Waals surface area contributed by atoms with Gasteiger partial charge in [0.2, 0.25) is 0 Å². The monoisotopic (exact) mass is 284 g/mol. The minimum Gasteiger partial charge on any atom is -0.352 e. The Labute approximate surface area is 127 Å². The van der Waals surface area contributed by atoms with Crippen molar-refractivity contribution < 1.29 is 4.79 Å². The molecule has 1 saturated carbocycles. The smallest absolute Gasteiger partial charge is 0.252 e. The molecule has 1 aliphatic carbocycles. The first kappa shape index (κ1) is 15.6. The highest BCUT2D eigenvalue weighted by atomic mass is 16.1. The fourth-order valence-electron chi connectivity index (χ4n) is 3.07. The van der Waals surface area contributed by atoms with Crippen molar-refractivity contribution in [1.82, 2.24) is 5.32 Å². The van der Waals surface area contributed by atoms with E-state index in [0.717, 1.165) is 5.56 Å². The summed E-state index contributed by atoms with van der Waals surface area (Å²) < 4.78 is 0. The van der Waals surface area contributed by atoms with Gasteiger partial charge >= 0.3 is 0 Å². The van der Waals surface area contributed by atoms with Crippen molar-refractivity contribution in [3.63, 3.8) is 0 Å². The molecule has 2 rings (SSSR count). The van der Waals surface area contributed by atoms with Gasteiger partial charge in [0.05, 0.1) is 12.1 Å². The van der Waals surface area contributed by atoms with Crippen LogP contribution in [0.1, 0.15) is 43.6 Å². The highest BCUT2D eigenvalue weighted by Gasteiger charge is 2.64. The summed E-state index contributed by atoms with van der Waals surface area (Å²) in [5.74, 6) is 6.21. The van der Waals surface area contributed by atoms with Gasteiger partial charge in [-0.3, -0.25) is 4.79 Å². The summed E-state index contributed by atoms with van der Waals surface area (Å²) in [6, 6.07) is 7.39. The van der Waals surface area contributed by atoms with Gasteiger partial charge in [0, 0.05) is 12.1 Å². The molecule has 0 saturated heterocycles. The van der Waals surface area contributed by atoms with Crippen molar-refractivity contribution in [2.24, 2.45) is 22.5 Å². The van der Waals surface area contributed by atoms with Gasteiger partial charge in [-0.15, -0.1) is 0 Å². The van der Waals surface area contributed by atoms with E-state index in [1.54, 1.807) is 6.07 Å². The van der Waals surface area contributed by atoms with Crippen LogP contribution < -0.4 is 11.1 Å². The zero-order valence-corrected chi connectivity index (χ0v) is 13.3. The Balaban J connectivity index is 2.05. The van der Waals surface area contributed by atoms with Gasteiger partial charge in [0.1, 0.15) is 0 Å². The number of hydrogen-bond donors (Lipinski definition) is 2. The average Bonchev–Trinajstić information content (AvgIpc) is 2.84. The average molecular weight is 284 g/mol. The van der Waals surface area contributed by atoms with Crippen LogP contribution in [-0.4, -0.2) is 19.0 Å². The first-order valence-electron chi connectivity index (χ1n) is 7.38. The highest BCUT2D eigenvalue weighted by Crippen LogP contribution is 2.67. The lowest BCUT2D eigenvalue weighted by Crippen LogP contribution is -2.27. The van der Waals surface area contributed by atoms with Crippen molar-refractivity contribution in [3.8, 4) is 11.8 Å². The molecule has 21 heavy (non-hydrogen) atoms. The molecule has 0 unspecified atom stereocenters. The molecule has 3 heteroatoms. The van der Waals surface area contributed by atoms with E-state index in [2.05, 4.69) is 44.9 Å². The largest absolute Gasteiger partial charge is 0.352 e. The Hall–Kier alpha value is -1.79. The minimum atomic E-state index is -0.0598. The molecule has 0 radical (unpaired) electrons. The molecule has 0 spiro atoms. The molecule has 1 aromatic carbocycles.